The number of amides is 3. The highest BCUT2D eigenvalue weighted by Gasteiger charge is 2.22. The van der Waals surface area contributed by atoms with Crippen molar-refractivity contribution in [3.05, 3.63) is 35.4 Å². The van der Waals surface area contributed by atoms with Crippen LogP contribution in [0.25, 0.3) is 0 Å². The summed E-state index contributed by atoms with van der Waals surface area (Å²) in [5.74, 6) is 0.0707. The van der Waals surface area contributed by atoms with Crippen molar-refractivity contribution in [1.29, 1.82) is 0 Å². The molecule has 0 aliphatic heterocycles. The van der Waals surface area contributed by atoms with Gasteiger partial charge in [-0.1, -0.05) is 37.8 Å². The first-order chi connectivity index (χ1) is 10.6. The van der Waals surface area contributed by atoms with Crippen LogP contribution in [0.15, 0.2) is 24.3 Å². The van der Waals surface area contributed by atoms with E-state index in [-0.39, 0.29) is 5.91 Å². The third-order valence-corrected chi connectivity index (χ3v) is 4.36. The van der Waals surface area contributed by atoms with Crippen LogP contribution < -0.4 is 11.1 Å². The molecule has 0 spiro atoms. The molecule has 1 saturated carbocycles. The quantitative estimate of drug-likeness (QED) is 0.839. The van der Waals surface area contributed by atoms with Gasteiger partial charge >= 0.3 is 6.03 Å². The number of urea groups is 1. The molecular formula is C17H25N3O2. The third-order valence-electron chi connectivity index (χ3n) is 4.36. The third kappa shape index (κ3) is 4.48. The van der Waals surface area contributed by atoms with Crippen LogP contribution in [-0.4, -0.2) is 29.9 Å². The predicted octanol–water partition coefficient (Wildman–Crippen LogP) is 2.65. The fourth-order valence-corrected chi connectivity index (χ4v) is 2.97. The van der Waals surface area contributed by atoms with Gasteiger partial charge in [0.2, 0.25) is 0 Å². The zero-order chi connectivity index (χ0) is 15.9. The Labute approximate surface area is 131 Å². The standard InChI is InChI=1S/C17H25N3O2/c1-20(15-6-4-2-3-5-7-15)16(21)14-10-8-13(9-11-14)12-19-17(18)22/h8-11,15H,2-7,12H2,1H3,(H3,18,19,22). The van der Waals surface area contributed by atoms with E-state index in [0.29, 0.717) is 18.2 Å². The Morgan fingerprint density at radius 2 is 1.73 bits per heavy atom. The molecule has 0 bridgehead atoms. The van der Waals surface area contributed by atoms with Crippen molar-refractivity contribution in [2.24, 2.45) is 5.73 Å². The van der Waals surface area contributed by atoms with Crippen LogP contribution in [0.2, 0.25) is 0 Å². The van der Waals surface area contributed by atoms with Gasteiger partial charge in [0.25, 0.3) is 5.91 Å². The second kappa shape index (κ2) is 7.82. The van der Waals surface area contributed by atoms with Crippen molar-refractivity contribution in [2.75, 3.05) is 7.05 Å². The fraction of sp³-hybridized carbons (Fsp3) is 0.529. The maximum atomic E-state index is 12.6. The van der Waals surface area contributed by atoms with Gasteiger partial charge in [-0.15, -0.1) is 0 Å². The molecular weight excluding hydrogens is 278 g/mol. The molecule has 2 rings (SSSR count). The van der Waals surface area contributed by atoms with E-state index in [0.717, 1.165) is 18.4 Å². The highest BCUT2D eigenvalue weighted by molar-refractivity contribution is 5.94. The summed E-state index contributed by atoms with van der Waals surface area (Å²) in [6, 6.07) is 7.13. The van der Waals surface area contributed by atoms with Crippen LogP contribution in [0.3, 0.4) is 0 Å². The van der Waals surface area contributed by atoms with Crippen LogP contribution >= 0.6 is 0 Å². The van der Waals surface area contributed by atoms with Crippen LogP contribution in [0.4, 0.5) is 4.79 Å². The highest BCUT2D eigenvalue weighted by Crippen LogP contribution is 2.22. The van der Waals surface area contributed by atoms with Crippen molar-refractivity contribution in [3.8, 4) is 0 Å². The smallest absolute Gasteiger partial charge is 0.312 e. The minimum Gasteiger partial charge on any atom is -0.352 e. The zero-order valence-electron chi connectivity index (χ0n) is 13.2. The number of nitrogens with one attached hydrogen (secondary N) is 1. The minimum atomic E-state index is -0.548. The molecule has 1 aliphatic carbocycles. The van der Waals surface area contributed by atoms with E-state index in [4.69, 9.17) is 5.73 Å². The summed E-state index contributed by atoms with van der Waals surface area (Å²) in [5.41, 5.74) is 6.66. The van der Waals surface area contributed by atoms with Gasteiger partial charge in [-0.2, -0.15) is 0 Å². The normalized spacial score (nSPS) is 15.9. The molecule has 0 unspecified atom stereocenters. The molecule has 22 heavy (non-hydrogen) atoms. The fourth-order valence-electron chi connectivity index (χ4n) is 2.97. The summed E-state index contributed by atoms with van der Waals surface area (Å²) in [6.07, 6.45) is 7.17. The monoisotopic (exact) mass is 303 g/mol. The maximum Gasteiger partial charge on any atom is 0.312 e. The van der Waals surface area contributed by atoms with E-state index in [1.165, 1.54) is 25.7 Å². The van der Waals surface area contributed by atoms with Crippen molar-refractivity contribution < 1.29 is 9.59 Å². The van der Waals surface area contributed by atoms with Gasteiger partial charge in [-0.05, 0) is 30.5 Å². The van der Waals surface area contributed by atoms with E-state index in [9.17, 15) is 9.59 Å². The van der Waals surface area contributed by atoms with Crippen molar-refractivity contribution in [3.63, 3.8) is 0 Å². The van der Waals surface area contributed by atoms with Crippen LogP contribution in [0.5, 0.6) is 0 Å². The van der Waals surface area contributed by atoms with Gasteiger partial charge in [0.1, 0.15) is 0 Å². The van der Waals surface area contributed by atoms with E-state index in [1.807, 2.05) is 36.2 Å². The lowest BCUT2D eigenvalue weighted by Gasteiger charge is -2.27. The van der Waals surface area contributed by atoms with Gasteiger partial charge in [0.05, 0.1) is 0 Å². The van der Waals surface area contributed by atoms with Crippen molar-refractivity contribution >= 4 is 11.9 Å². The second-order valence-electron chi connectivity index (χ2n) is 5.98. The lowest BCUT2D eigenvalue weighted by atomic mass is 10.1. The summed E-state index contributed by atoms with van der Waals surface area (Å²) < 4.78 is 0. The van der Waals surface area contributed by atoms with E-state index in [1.54, 1.807) is 0 Å². The number of carbonyl (C=O) groups excluding carboxylic acids is 2. The molecule has 5 heteroatoms. The summed E-state index contributed by atoms with van der Waals surface area (Å²) in [4.78, 5) is 25.2. The SMILES string of the molecule is CN(C(=O)c1ccc(CNC(N)=O)cc1)C1CCCCCC1. The topological polar surface area (TPSA) is 75.4 Å². The first-order valence-corrected chi connectivity index (χ1v) is 7.97. The van der Waals surface area contributed by atoms with Gasteiger partial charge in [0.15, 0.2) is 0 Å². The zero-order valence-corrected chi connectivity index (χ0v) is 13.2. The summed E-state index contributed by atoms with van der Waals surface area (Å²) in [5, 5.41) is 2.54. The first kappa shape index (κ1) is 16.3. The Kier molecular flexibility index (Phi) is 5.81. The summed E-state index contributed by atoms with van der Waals surface area (Å²) in [6.45, 7) is 0.377. The molecule has 1 aliphatic rings. The Morgan fingerprint density at radius 1 is 1.14 bits per heavy atom. The first-order valence-electron chi connectivity index (χ1n) is 7.97. The molecule has 3 N–H and O–H groups in total. The molecule has 0 atom stereocenters. The van der Waals surface area contributed by atoms with Gasteiger partial charge in [-0.3, -0.25) is 4.79 Å². The molecule has 0 saturated heterocycles. The van der Waals surface area contributed by atoms with Crippen LogP contribution in [-0.2, 0) is 6.54 Å². The second-order valence-corrected chi connectivity index (χ2v) is 5.98. The number of primary amides is 1. The Bertz CT molecular complexity index is 505. The maximum absolute atomic E-state index is 12.6. The van der Waals surface area contributed by atoms with E-state index >= 15 is 0 Å². The van der Waals surface area contributed by atoms with E-state index < -0.39 is 6.03 Å². The molecule has 5 nitrogen and oxygen atoms in total. The number of benzene rings is 1. The average molecular weight is 303 g/mol. The van der Waals surface area contributed by atoms with Gasteiger partial charge in [0, 0.05) is 25.2 Å². The van der Waals surface area contributed by atoms with E-state index in [2.05, 4.69) is 5.32 Å². The minimum absolute atomic E-state index is 0.0707. The number of nitrogens with zero attached hydrogens (tertiary/aromatic N) is 1. The molecule has 0 radical (unpaired) electrons. The number of nitrogens with two attached hydrogens (primary N) is 1. The lowest BCUT2D eigenvalue weighted by molar-refractivity contribution is 0.0717. The molecule has 1 aromatic rings. The number of carbonyl (C=O) groups is 2. The molecule has 0 aromatic heterocycles. The summed E-state index contributed by atoms with van der Waals surface area (Å²) in [7, 11) is 1.90. The van der Waals surface area contributed by atoms with Crippen LogP contribution in [0, 0.1) is 0 Å². The highest BCUT2D eigenvalue weighted by atomic mass is 16.2. The van der Waals surface area contributed by atoms with Crippen molar-refractivity contribution in [2.45, 2.75) is 51.1 Å². The largest absolute Gasteiger partial charge is 0.352 e. The summed E-state index contributed by atoms with van der Waals surface area (Å²) >= 11 is 0. The Morgan fingerprint density at radius 3 is 2.27 bits per heavy atom. The van der Waals surface area contributed by atoms with Gasteiger partial charge < -0.3 is 16.0 Å². The average Bonchev–Trinajstić information content (AvgIpc) is 2.81. The number of hydrogen-bond acceptors (Lipinski definition) is 2. The Balaban J connectivity index is 1.97. The van der Waals surface area contributed by atoms with Crippen LogP contribution in [0.1, 0.15) is 54.4 Å². The predicted molar refractivity (Wildman–Crippen MR) is 86.4 cm³/mol. The van der Waals surface area contributed by atoms with Crippen molar-refractivity contribution in [1.82, 2.24) is 10.2 Å². The molecule has 1 fully saturated rings. The molecule has 0 heterocycles. The van der Waals surface area contributed by atoms with Gasteiger partial charge in [-0.25, -0.2) is 4.79 Å². The molecule has 1 aromatic carbocycles. The lowest BCUT2D eigenvalue weighted by Crippen LogP contribution is -2.36. The molecule has 3 amide bonds. The number of rotatable bonds is 4. The Hall–Kier alpha value is -2.04. The molecule has 120 valence electrons. The number of hydrogen-bond donors (Lipinski definition) is 2.